The maximum absolute atomic E-state index is 11.4. The average molecular weight is 211 g/mol. The Morgan fingerprint density at radius 1 is 1.50 bits per heavy atom. The molecule has 0 bridgehead atoms. The van der Waals surface area contributed by atoms with Crippen LogP contribution >= 0.6 is 11.3 Å². The molecule has 1 aromatic rings. The first-order valence-corrected chi connectivity index (χ1v) is 4.69. The molecule has 14 heavy (non-hydrogen) atoms. The summed E-state index contributed by atoms with van der Waals surface area (Å²) in [7, 11) is 0. The fraction of sp³-hybridized carbons (Fsp3) is 0.125. The second-order valence-corrected chi connectivity index (χ2v) is 3.41. The van der Waals surface area contributed by atoms with Crippen molar-refractivity contribution in [2.75, 3.05) is 0 Å². The van der Waals surface area contributed by atoms with Gasteiger partial charge in [-0.15, -0.1) is 0 Å². The van der Waals surface area contributed by atoms with Crippen LogP contribution in [0.4, 0.5) is 4.79 Å². The van der Waals surface area contributed by atoms with Crippen molar-refractivity contribution in [2.45, 2.75) is 6.10 Å². The van der Waals surface area contributed by atoms with Gasteiger partial charge in [-0.1, -0.05) is 0 Å². The van der Waals surface area contributed by atoms with E-state index in [1.165, 1.54) is 11.3 Å². The molecular weight excluding hydrogens is 206 g/mol. The van der Waals surface area contributed by atoms with Gasteiger partial charge in [0.2, 0.25) is 12.5 Å². The third-order valence-electron chi connectivity index (χ3n) is 1.83. The molecule has 2 heterocycles. The van der Waals surface area contributed by atoms with Crippen LogP contribution in [0.15, 0.2) is 16.8 Å². The maximum Gasteiger partial charge on any atom is 0.424 e. The van der Waals surface area contributed by atoms with Crippen LogP contribution in [0.2, 0.25) is 0 Å². The van der Waals surface area contributed by atoms with Gasteiger partial charge in [0, 0.05) is 5.56 Å². The Hall–Kier alpha value is -1.69. The summed E-state index contributed by atoms with van der Waals surface area (Å²) in [6.07, 6.45) is -1.71. The van der Waals surface area contributed by atoms with Crippen LogP contribution in [-0.2, 0) is 14.3 Å². The molecule has 0 N–H and O–H groups in total. The molecule has 1 atom stereocenters. The van der Waals surface area contributed by atoms with E-state index in [0.29, 0.717) is 10.5 Å². The normalized spacial score (nSPS) is 21.1. The van der Waals surface area contributed by atoms with E-state index in [9.17, 15) is 14.4 Å². The van der Waals surface area contributed by atoms with E-state index in [4.69, 9.17) is 4.74 Å². The number of amides is 3. The molecule has 0 saturated carbocycles. The third-order valence-corrected chi connectivity index (χ3v) is 2.53. The Morgan fingerprint density at radius 2 is 2.29 bits per heavy atom. The second kappa shape index (κ2) is 3.22. The summed E-state index contributed by atoms with van der Waals surface area (Å²) in [5.41, 5.74) is 0.595. The van der Waals surface area contributed by atoms with Crippen LogP contribution in [0.1, 0.15) is 11.7 Å². The van der Waals surface area contributed by atoms with Gasteiger partial charge in [-0.3, -0.25) is 9.59 Å². The molecule has 1 aliphatic rings. The van der Waals surface area contributed by atoms with Crippen molar-refractivity contribution >= 4 is 29.7 Å². The highest BCUT2D eigenvalue weighted by atomic mass is 32.1. The van der Waals surface area contributed by atoms with Gasteiger partial charge >= 0.3 is 6.09 Å². The third kappa shape index (κ3) is 1.20. The predicted molar refractivity (Wildman–Crippen MR) is 46.5 cm³/mol. The van der Waals surface area contributed by atoms with Crippen molar-refractivity contribution in [1.29, 1.82) is 0 Å². The van der Waals surface area contributed by atoms with Crippen LogP contribution in [0.25, 0.3) is 0 Å². The van der Waals surface area contributed by atoms with Crippen LogP contribution in [-0.4, -0.2) is 23.3 Å². The molecule has 5 nitrogen and oxygen atoms in total. The molecule has 0 radical (unpaired) electrons. The number of hydrogen-bond donors (Lipinski definition) is 0. The van der Waals surface area contributed by atoms with Crippen LogP contribution in [0.3, 0.4) is 0 Å². The molecule has 3 amide bonds. The number of rotatable bonds is 2. The minimum absolute atomic E-state index is 0.164. The van der Waals surface area contributed by atoms with Gasteiger partial charge in [0.1, 0.15) is 0 Å². The summed E-state index contributed by atoms with van der Waals surface area (Å²) in [5.74, 6) is -0.636. The molecule has 0 spiro atoms. The molecule has 1 saturated heterocycles. The molecule has 6 heteroatoms. The number of hydrogen-bond acceptors (Lipinski definition) is 5. The molecule has 1 aromatic heterocycles. The van der Waals surface area contributed by atoms with E-state index in [1.807, 2.05) is 0 Å². The number of nitrogens with zero attached hydrogens (tertiary/aromatic N) is 1. The molecule has 0 aliphatic carbocycles. The molecule has 1 unspecified atom stereocenters. The Morgan fingerprint density at radius 3 is 2.79 bits per heavy atom. The summed E-state index contributed by atoms with van der Waals surface area (Å²) >= 11 is 1.39. The number of cyclic esters (lactones) is 1. The second-order valence-electron chi connectivity index (χ2n) is 2.63. The monoisotopic (exact) mass is 211 g/mol. The van der Waals surface area contributed by atoms with Crippen molar-refractivity contribution in [3.8, 4) is 0 Å². The van der Waals surface area contributed by atoms with Gasteiger partial charge in [0.25, 0.3) is 5.91 Å². The van der Waals surface area contributed by atoms with E-state index >= 15 is 0 Å². The summed E-state index contributed by atoms with van der Waals surface area (Å²) in [6, 6.07) is 1.68. The van der Waals surface area contributed by atoms with Crippen LogP contribution < -0.4 is 0 Å². The zero-order chi connectivity index (χ0) is 10.1. The van der Waals surface area contributed by atoms with Crippen molar-refractivity contribution in [3.63, 3.8) is 0 Å². The lowest BCUT2D eigenvalue weighted by Crippen LogP contribution is -2.27. The standard InChI is InChI=1S/C8H5NO4S/c10-4-9-7(11)6(13-8(9)12)5-1-2-14-3-5/h1-4,6H. The molecule has 72 valence electrons. The van der Waals surface area contributed by atoms with E-state index < -0.39 is 18.1 Å². The topological polar surface area (TPSA) is 63.7 Å². The summed E-state index contributed by atoms with van der Waals surface area (Å²) < 4.78 is 4.73. The minimum Gasteiger partial charge on any atom is -0.430 e. The summed E-state index contributed by atoms with van der Waals surface area (Å²) in [4.78, 5) is 33.2. The van der Waals surface area contributed by atoms with Crippen LogP contribution in [0.5, 0.6) is 0 Å². The first-order valence-electron chi connectivity index (χ1n) is 3.75. The first-order chi connectivity index (χ1) is 6.74. The van der Waals surface area contributed by atoms with Gasteiger partial charge in [-0.25, -0.2) is 4.79 Å². The lowest BCUT2D eigenvalue weighted by Gasteiger charge is -2.01. The molecule has 1 fully saturated rings. The Labute approximate surface area is 82.9 Å². The summed E-state index contributed by atoms with van der Waals surface area (Å²) in [6.45, 7) is 0. The first kappa shape index (κ1) is 8.89. The Bertz CT molecular complexity index is 386. The number of thiophene rings is 1. The number of ether oxygens (including phenoxy) is 1. The van der Waals surface area contributed by atoms with Gasteiger partial charge < -0.3 is 4.74 Å². The highest BCUT2D eigenvalue weighted by Gasteiger charge is 2.41. The SMILES string of the molecule is O=CN1C(=O)OC(c2ccsc2)C1=O. The molecule has 2 rings (SSSR count). The smallest absolute Gasteiger partial charge is 0.424 e. The van der Waals surface area contributed by atoms with Gasteiger partial charge in [0.15, 0.2) is 0 Å². The quantitative estimate of drug-likeness (QED) is 0.682. The predicted octanol–water partition coefficient (Wildman–Crippen LogP) is 0.924. The van der Waals surface area contributed by atoms with Gasteiger partial charge in [0.05, 0.1) is 0 Å². The zero-order valence-corrected chi connectivity index (χ0v) is 7.69. The Balaban J connectivity index is 2.29. The van der Waals surface area contributed by atoms with E-state index in [2.05, 4.69) is 0 Å². The van der Waals surface area contributed by atoms with Crippen molar-refractivity contribution in [3.05, 3.63) is 22.4 Å². The van der Waals surface area contributed by atoms with Gasteiger partial charge in [-0.05, 0) is 16.8 Å². The molecule has 0 aromatic carbocycles. The maximum atomic E-state index is 11.4. The summed E-state index contributed by atoms with van der Waals surface area (Å²) in [5, 5.41) is 3.46. The number of carbonyl (C=O) groups is 3. The van der Waals surface area contributed by atoms with Gasteiger partial charge in [-0.2, -0.15) is 16.2 Å². The lowest BCUT2D eigenvalue weighted by atomic mass is 10.2. The zero-order valence-electron chi connectivity index (χ0n) is 6.88. The minimum atomic E-state index is -0.959. The molecular formula is C8H5NO4S. The largest absolute Gasteiger partial charge is 0.430 e. The van der Waals surface area contributed by atoms with Crippen molar-refractivity contribution < 1.29 is 19.1 Å². The average Bonchev–Trinajstić information content (AvgIpc) is 2.74. The highest BCUT2D eigenvalue weighted by Crippen LogP contribution is 2.27. The highest BCUT2D eigenvalue weighted by molar-refractivity contribution is 7.08. The number of carbonyl (C=O) groups excluding carboxylic acids is 3. The Kier molecular flexibility index (Phi) is 2.05. The lowest BCUT2D eigenvalue weighted by molar-refractivity contribution is -0.134. The fourth-order valence-electron chi connectivity index (χ4n) is 1.15. The number of imide groups is 3. The van der Waals surface area contributed by atoms with Crippen LogP contribution in [0, 0.1) is 0 Å². The van der Waals surface area contributed by atoms with E-state index in [0.717, 1.165) is 0 Å². The van der Waals surface area contributed by atoms with E-state index in [1.54, 1.807) is 16.8 Å². The van der Waals surface area contributed by atoms with Crippen molar-refractivity contribution in [1.82, 2.24) is 4.90 Å². The fourth-order valence-corrected chi connectivity index (χ4v) is 1.83. The van der Waals surface area contributed by atoms with Crippen molar-refractivity contribution in [2.24, 2.45) is 0 Å². The van der Waals surface area contributed by atoms with E-state index in [-0.39, 0.29) is 6.41 Å². The molecule has 1 aliphatic heterocycles.